The Morgan fingerprint density at radius 3 is 2.21 bits per heavy atom. The number of nitrogens with one attached hydrogen (secondary N) is 1. The fourth-order valence-corrected chi connectivity index (χ4v) is 2.90. The van der Waals surface area contributed by atoms with Gasteiger partial charge in [-0.3, -0.25) is 4.79 Å². The highest BCUT2D eigenvalue weighted by Gasteiger charge is 2.36. The van der Waals surface area contributed by atoms with Crippen molar-refractivity contribution in [2.45, 2.75) is 12.5 Å². The van der Waals surface area contributed by atoms with Crippen molar-refractivity contribution in [2.24, 2.45) is 0 Å². The molecule has 2 aromatic carbocycles. The van der Waals surface area contributed by atoms with Crippen LogP contribution in [0.4, 0.5) is 32.0 Å². The molecule has 0 fully saturated rings. The number of hydrogen-bond acceptors (Lipinski definition) is 5. The van der Waals surface area contributed by atoms with Crippen molar-refractivity contribution in [1.29, 1.82) is 0 Å². The van der Waals surface area contributed by atoms with Gasteiger partial charge in [-0.05, 0) is 42.5 Å². The fraction of sp³-hybridized carbons (Fsp3) is 0.105. The summed E-state index contributed by atoms with van der Waals surface area (Å²) in [6, 6.07) is 6.48. The van der Waals surface area contributed by atoms with Gasteiger partial charge in [-0.15, -0.1) is 13.2 Å². The van der Waals surface area contributed by atoms with Crippen LogP contribution in [0.25, 0.3) is 0 Å². The van der Waals surface area contributed by atoms with Crippen molar-refractivity contribution in [3.63, 3.8) is 0 Å². The Bertz CT molecular complexity index is 1170. The predicted octanol–water partition coefficient (Wildman–Crippen LogP) is 5.33. The molecule has 174 valence electrons. The summed E-state index contributed by atoms with van der Waals surface area (Å²) in [5.41, 5.74) is -2.15. The maximum atomic E-state index is 13.3. The van der Waals surface area contributed by atoms with Gasteiger partial charge in [-0.2, -0.15) is 13.2 Å². The largest absolute Gasteiger partial charge is 0.594 e. The molecule has 1 N–H and O–H groups in total. The number of halogens is 7. The summed E-state index contributed by atoms with van der Waals surface area (Å²) in [4.78, 5) is 12.8. The Hall–Kier alpha value is -3.74. The van der Waals surface area contributed by atoms with E-state index in [0.29, 0.717) is 6.07 Å². The predicted molar refractivity (Wildman–Crippen MR) is 101 cm³/mol. The number of aromatic nitrogens is 2. The summed E-state index contributed by atoms with van der Waals surface area (Å²) in [6.45, 7) is 0. The summed E-state index contributed by atoms with van der Waals surface area (Å²) in [6.07, 6.45) is -7.95. The van der Waals surface area contributed by atoms with Crippen LogP contribution in [0.1, 0.15) is 15.9 Å². The van der Waals surface area contributed by atoms with Crippen LogP contribution in [0, 0.1) is 5.21 Å². The van der Waals surface area contributed by atoms with Gasteiger partial charge < -0.3 is 20.0 Å². The summed E-state index contributed by atoms with van der Waals surface area (Å²) in [5, 5.41) is 15.8. The number of amides is 1. The number of carbonyl (C=O) groups is 1. The first-order chi connectivity index (χ1) is 15.3. The van der Waals surface area contributed by atoms with Gasteiger partial charge in [0.2, 0.25) is 6.20 Å². The number of nitrogens with zero attached hydrogens (tertiary/aromatic N) is 2. The molecule has 3 aromatic rings. The van der Waals surface area contributed by atoms with Crippen LogP contribution >= 0.6 is 11.6 Å². The Morgan fingerprint density at radius 1 is 1.00 bits per heavy atom. The molecule has 0 aliphatic heterocycles. The van der Waals surface area contributed by atoms with Crippen molar-refractivity contribution < 1.29 is 45.5 Å². The van der Waals surface area contributed by atoms with Gasteiger partial charge in [-0.1, -0.05) is 16.4 Å². The van der Waals surface area contributed by atoms with Crippen LogP contribution in [0.15, 0.2) is 54.9 Å². The van der Waals surface area contributed by atoms with Crippen molar-refractivity contribution in [3.05, 3.63) is 76.2 Å². The first kappa shape index (κ1) is 23.9. The van der Waals surface area contributed by atoms with E-state index in [4.69, 9.17) is 16.3 Å². The van der Waals surface area contributed by atoms with Crippen molar-refractivity contribution in [1.82, 2.24) is 5.10 Å². The Kier molecular flexibility index (Phi) is 6.53. The molecule has 1 amide bonds. The molecule has 7 nitrogen and oxygen atoms in total. The molecule has 0 bridgehead atoms. The number of ether oxygens (including phenoxy) is 2. The number of carbonyl (C=O) groups excluding carboxylic acids is 1. The first-order valence-corrected chi connectivity index (χ1v) is 9.01. The lowest BCUT2D eigenvalue weighted by Crippen LogP contribution is -2.30. The van der Waals surface area contributed by atoms with Gasteiger partial charge in [0, 0.05) is 5.10 Å². The Morgan fingerprint density at radius 2 is 1.64 bits per heavy atom. The molecule has 0 aliphatic carbocycles. The van der Waals surface area contributed by atoms with E-state index in [1.54, 1.807) is 0 Å². The fourth-order valence-electron chi connectivity index (χ4n) is 2.55. The van der Waals surface area contributed by atoms with E-state index in [-0.39, 0.29) is 16.3 Å². The van der Waals surface area contributed by atoms with Crippen molar-refractivity contribution in [3.8, 4) is 17.2 Å². The van der Waals surface area contributed by atoms with E-state index in [1.165, 1.54) is 6.07 Å². The minimum absolute atomic E-state index is 0.0990. The van der Waals surface area contributed by atoms with Crippen LogP contribution in [0.5, 0.6) is 17.2 Å². The standard InChI is InChI=1S/C19H10ClF6N3O4/c20-16-13(18(21,22)23)5-6-14(15(16)17(30)28-10-7-8-27-29(31)9-10)32-11-1-3-12(4-2-11)33-19(24,25)26/h1-9H,(H,28,30). The zero-order valence-corrected chi connectivity index (χ0v) is 16.6. The van der Waals surface area contributed by atoms with E-state index in [9.17, 15) is 36.3 Å². The van der Waals surface area contributed by atoms with Crippen molar-refractivity contribution >= 4 is 23.2 Å². The second-order valence-electron chi connectivity index (χ2n) is 6.19. The molecule has 3 rings (SSSR count). The molecule has 33 heavy (non-hydrogen) atoms. The van der Waals surface area contributed by atoms with Gasteiger partial charge in [0.15, 0.2) is 0 Å². The quantitative estimate of drug-likeness (QED) is 0.295. The van der Waals surface area contributed by atoms with Crippen LogP contribution in [0.3, 0.4) is 0 Å². The number of anilines is 1. The number of rotatable bonds is 5. The molecule has 14 heteroatoms. The average molecular weight is 494 g/mol. The van der Waals surface area contributed by atoms with Crippen molar-refractivity contribution in [2.75, 3.05) is 5.32 Å². The van der Waals surface area contributed by atoms with E-state index >= 15 is 0 Å². The summed E-state index contributed by atoms with van der Waals surface area (Å²) >= 11 is 5.87. The monoisotopic (exact) mass is 493 g/mol. The highest BCUT2D eigenvalue weighted by Crippen LogP contribution is 2.41. The third-order valence-corrected chi connectivity index (χ3v) is 4.26. The van der Waals surface area contributed by atoms with Gasteiger partial charge in [0.05, 0.1) is 16.8 Å². The van der Waals surface area contributed by atoms with Gasteiger partial charge in [0.1, 0.15) is 28.5 Å². The van der Waals surface area contributed by atoms with E-state index in [1.807, 2.05) is 0 Å². The summed E-state index contributed by atoms with van der Waals surface area (Å²) in [5.74, 6) is -2.28. The molecule has 1 heterocycles. The SMILES string of the molecule is O=C(Nc1ccn[n+]([O-])c1)c1c(Oc2ccc(OC(F)(F)F)cc2)ccc(C(F)(F)F)c1Cl. The highest BCUT2D eigenvalue weighted by atomic mass is 35.5. The Balaban J connectivity index is 1.97. The maximum Gasteiger partial charge on any atom is 0.573 e. The lowest BCUT2D eigenvalue weighted by molar-refractivity contribution is -0.668. The maximum absolute atomic E-state index is 13.3. The summed E-state index contributed by atoms with van der Waals surface area (Å²) < 4.78 is 85.9. The third kappa shape index (κ3) is 6.16. The topological polar surface area (TPSA) is 87.4 Å². The number of benzene rings is 2. The number of hydrogen-bond donors (Lipinski definition) is 1. The smallest absolute Gasteiger partial charge is 0.573 e. The van der Waals surface area contributed by atoms with Gasteiger partial charge >= 0.3 is 12.5 Å². The van der Waals surface area contributed by atoms with E-state index in [2.05, 4.69) is 15.2 Å². The molecule has 0 saturated heterocycles. The van der Waals surface area contributed by atoms with Crippen LogP contribution < -0.4 is 19.6 Å². The molecular weight excluding hydrogens is 484 g/mol. The van der Waals surface area contributed by atoms with Crippen LogP contribution in [-0.2, 0) is 6.18 Å². The van der Waals surface area contributed by atoms with E-state index < -0.39 is 46.1 Å². The minimum atomic E-state index is -4.93. The molecule has 0 aliphatic rings. The molecule has 0 unspecified atom stereocenters. The molecule has 0 spiro atoms. The lowest BCUT2D eigenvalue weighted by Gasteiger charge is -2.17. The second-order valence-corrected chi connectivity index (χ2v) is 6.57. The zero-order chi connectivity index (χ0) is 24.4. The molecule has 1 aromatic heterocycles. The van der Waals surface area contributed by atoms with E-state index in [0.717, 1.165) is 42.7 Å². The first-order valence-electron chi connectivity index (χ1n) is 8.64. The zero-order valence-electron chi connectivity index (χ0n) is 15.9. The lowest BCUT2D eigenvalue weighted by atomic mass is 10.1. The second kappa shape index (κ2) is 9.02. The van der Waals surface area contributed by atoms with Crippen LogP contribution in [0.2, 0.25) is 5.02 Å². The molecule has 0 atom stereocenters. The molecule has 0 radical (unpaired) electrons. The highest BCUT2D eigenvalue weighted by molar-refractivity contribution is 6.35. The normalized spacial score (nSPS) is 11.7. The Labute approximate surface area is 185 Å². The average Bonchev–Trinajstić information content (AvgIpc) is 2.67. The molecular formula is C19H10ClF6N3O4. The van der Waals surface area contributed by atoms with Gasteiger partial charge in [0.25, 0.3) is 5.91 Å². The minimum Gasteiger partial charge on any atom is -0.594 e. The molecule has 0 saturated carbocycles. The third-order valence-electron chi connectivity index (χ3n) is 3.86. The van der Waals surface area contributed by atoms with Gasteiger partial charge in [-0.25, -0.2) is 0 Å². The summed E-state index contributed by atoms with van der Waals surface area (Å²) in [7, 11) is 0. The number of alkyl halides is 6. The van der Waals surface area contributed by atoms with Crippen LogP contribution in [-0.4, -0.2) is 17.4 Å².